The van der Waals surface area contributed by atoms with Crippen LogP contribution < -0.4 is 51.4 Å². The number of aromatic nitrogens is 2. The van der Waals surface area contributed by atoms with Crippen molar-refractivity contribution >= 4 is 5.65 Å². The molecular formula is C8H9KN2. The standard InChI is InChI=1S/C7H6N2.CH3.K/c1-2-5-9-6-4-8-7(9)3-1;;/h1-6H;1H3;/q;-1;+1. The molecule has 0 saturated heterocycles. The molecule has 0 aromatic carbocycles. The SMILES string of the molecule is [CH3-].[K+].c1ccn2ccnc2c1. The fourth-order valence-corrected chi connectivity index (χ4v) is 0.864. The molecule has 0 unspecified atom stereocenters. The Kier molecular flexibility index (Phi) is 5.21. The fourth-order valence-electron chi connectivity index (χ4n) is 0.864. The van der Waals surface area contributed by atoms with Gasteiger partial charge in [-0.15, -0.1) is 0 Å². The molecule has 2 heterocycles. The zero-order valence-electron chi connectivity index (χ0n) is 6.86. The van der Waals surface area contributed by atoms with Gasteiger partial charge in [-0.2, -0.15) is 0 Å². The number of imidazole rings is 1. The van der Waals surface area contributed by atoms with Crippen LogP contribution in [0.5, 0.6) is 0 Å². The first-order valence-electron chi connectivity index (χ1n) is 2.84. The molecule has 3 heteroatoms. The summed E-state index contributed by atoms with van der Waals surface area (Å²) in [6.45, 7) is 0. The van der Waals surface area contributed by atoms with Crippen molar-refractivity contribution in [3.05, 3.63) is 44.2 Å². The van der Waals surface area contributed by atoms with Crippen LogP contribution in [0.15, 0.2) is 36.8 Å². The maximum Gasteiger partial charge on any atom is 1.00 e. The summed E-state index contributed by atoms with van der Waals surface area (Å²) in [6, 6.07) is 5.93. The van der Waals surface area contributed by atoms with Crippen molar-refractivity contribution < 1.29 is 51.4 Å². The summed E-state index contributed by atoms with van der Waals surface area (Å²) >= 11 is 0. The Labute approximate surface area is 109 Å². The van der Waals surface area contributed by atoms with Crippen LogP contribution in [0.2, 0.25) is 0 Å². The molecule has 2 nitrogen and oxygen atoms in total. The second-order valence-electron chi connectivity index (χ2n) is 1.89. The largest absolute Gasteiger partial charge is 1.00 e. The van der Waals surface area contributed by atoms with Gasteiger partial charge in [0.15, 0.2) is 0 Å². The molecule has 0 spiro atoms. The van der Waals surface area contributed by atoms with Gasteiger partial charge in [-0.1, -0.05) is 6.07 Å². The van der Waals surface area contributed by atoms with E-state index in [1.807, 2.05) is 35.0 Å². The molecule has 11 heavy (non-hydrogen) atoms. The van der Waals surface area contributed by atoms with E-state index in [0.29, 0.717) is 0 Å². The number of hydrogen-bond acceptors (Lipinski definition) is 1. The summed E-state index contributed by atoms with van der Waals surface area (Å²) in [5.41, 5.74) is 0.998. The zero-order chi connectivity index (χ0) is 6.10. The molecule has 0 radical (unpaired) electrons. The summed E-state index contributed by atoms with van der Waals surface area (Å²) in [6.07, 6.45) is 5.69. The summed E-state index contributed by atoms with van der Waals surface area (Å²) in [5.74, 6) is 0. The van der Waals surface area contributed by atoms with Crippen molar-refractivity contribution in [3.8, 4) is 0 Å². The van der Waals surface area contributed by atoms with Crippen molar-refractivity contribution in [1.29, 1.82) is 0 Å². The van der Waals surface area contributed by atoms with Gasteiger partial charge >= 0.3 is 51.4 Å². The smallest absolute Gasteiger partial charge is 0.358 e. The zero-order valence-corrected chi connectivity index (χ0v) is 9.98. The van der Waals surface area contributed by atoms with E-state index in [-0.39, 0.29) is 58.8 Å². The Morgan fingerprint density at radius 2 is 2.00 bits per heavy atom. The van der Waals surface area contributed by atoms with Gasteiger partial charge in [0.05, 0.1) is 0 Å². The normalized spacial score (nSPS) is 8.36. The molecule has 2 rings (SSSR count). The van der Waals surface area contributed by atoms with E-state index < -0.39 is 0 Å². The van der Waals surface area contributed by atoms with Gasteiger partial charge in [0, 0.05) is 18.6 Å². The monoisotopic (exact) mass is 172 g/mol. The van der Waals surface area contributed by atoms with Crippen LogP contribution in [0.3, 0.4) is 0 Å². The molecule has 52 valence electrons. The molecule has 0 N–H and O–H groups in total. The number of fused-ring (bicyclic) bond motifs is 1. The Hall–Kier alpha value is 0.326. The predicted octanol–water partition coefficient (Wildman–Crippen LogP) is -1.21. The van der Waals surface area contributed by atoms with Crippen molar-refractivity contribution in [3.63, 3.8) is 0 Å². The van der Waals surface area contributed by atoms with E-state index in [1.165, 1.54) is 0 Å². The van der Waals surface area contributed by atoms with Crippen LogP contribution in [0.25, 0.3) is 5.65 Å². The van der Waals surface area contributed by atoms with Gasteiger partial charge < -0.3 is 11.8 Å². The molecule has 0 aliphatic heterocycles. The minimum Gasteiger partial charge on any atom is -0.358 e. The molecule has 0 aliphatic rings. The van der Waals surface area contributed by atoms with Gasteiger partial charge in [-0.25, -0.2) is 4.98 Å². The van der Waals surface area contributed by atoms with Gasteiger partial charge in [0.1, 0.15) is 5.65 Å². The van der Waals surface area contributed by atoms with Crippen molar-refractivity contribution in [1.82, 2.24) is 9.38 Å². The third-order valence-corrected chi connectivity index (χ3v) is 1.30. The average Bonchev–Trinajstić information content (AvgIpc) is 2.33. The quantitative estimate of drug-likeness (QED) is 0.360. The van der Waals surface area contributed by atoms with Crippen LogP contribution in [-0.4, -0.2) is 9.38 Å². The summed E-state index contributed by atoms with van der Waals surface area (Å²) < 4.78 is 1.97. The first kappa shape index (κ1) is 11.3. The van der Waals surface area contributed by atoms with Gasteiger partial charge in [0.25, 0.3) is 0 Å². The number of nitrogens with zero attached hydrogens (tertiary/aromatic N) is 2. The topological polar surface area (TPSA) is 17.3 Å². The molecule has 0 fully saturated rings. The molecule has 0 amide bonds. The molecule has 0 atom stereocenters. The minimum atomic E-state index is 0. The number of hydrogen-bond donors (Lipinski definition) is 0. The van der Waals surface area contributed by atoms with Crippen LogP contribution in [0.4, 0.5) is 0 Å². The van der Waals surface area contributed by atoms with Crippen LogP contribution in [-0.2, 0) is 0 Å². The Morgan fingerprint density at radius 3 is 2.73 bits per heavy atom. The third-order valence-electron chi connectivity index (χ3n) is 1.30. The first-order valence-corrected chi connectivity index (χ1v) is 2.84. The molecule has 2 aromatic heterocycles. The van der Waals surface area contributed by atoms with E-state index in [4.69, 9.17) is 0 Å². The van der Waals surface area contributed by atoms with Crippen LogP contribution >= 0.6 is 0 Å². The Morgan fingerprint density at radius 1 is 1.18 bits per heavy atom. The predicted molar refractivity (Wildman–Crippen MR) is 41.6 cm³/mol. The minimum absolute atomic E-state index is 0. The maximum atomic E-state index is 4.08. The fraction of sp³-hybridized carbons (Fsp3) is 0. The Balaban J connectivity index is 0.000000500. The molecular weight excluding hydrogens is 163 g/mol. The molecule has 0 bridgehead atoms. The molecule has 2 aromatic rings. The van der Waals surface area contributed by atoms with Gasteiger partial charge in [-0.3, -0.25) is 0 Å². The molecule has 0 aliphatic carbocycles. The maximum absolute atomic E-state index is 4.08. The van der Waals surface area contributed by atoms with Crippen molar-refractivity contribution in [2.75, 3.05) is 0 Å². The van der Waals surface area contributed by atoms with E-state index in [9.17, 15) is 0 Å². The number of pyridine rings is 1. The van der Waals surface area contributed by atoms with E-state index >= 15 is 0 Å². The second-order valence-corrected chi connectivity index (χ2v) is 1.89. The summed E-state index contributed by atoms with van der Waals surface area (Å²) in [4.78, 5) is 4.08. The summed E-state index contributed by atoms with van der Waals surface area (Å²) in [5, 5.41) is 0. The van der Waals surface area contributed by atoms with Gasteiger partial charge in [-0.05, 0) is 12.1 Å². The summed E-state index contributed by atoms with van der Waals surface area (Å²) in [7, 11) is 0. The van der Waals surface area contributed by atoms with E-state index in [1.54, 1.807) is 6.20 Å². The third kappa shape index (κ3) is 2.38. The van der Waals surface area contributed by atoms with E-state index in [0.717, 1.165) is 5.65 Å². The van der Waals surface area contributed by atoms with Gasteiger partial charge in [0.2, 0.25) is 0 Å². The van der Waals surface area contributed by atoms with Crippen LogP contribution in [0.1, 0.15) is 0 Å². The van der Waals surface area contributed by atoms with Crippen molar-refractivity contribution in [2.24, 2.45) is 0 Å². The average molecular weight is 172 g/mol. The second kappa shape index (κ2) is 5.06. The van der Waals surface area contributed by atoms with E-state index in [2.05, 4.69) is 4.98 Å². The Bertz CT molecular complexity index is 286. The van der Waals surface area contributed by atoms with Crippen LogP contribution in [0, 0.1) is 7.43 Å². The molecule has 0 saturated carbocycles. The number of rotatable bonds is 0. The first-order chi connectivity index (χ1) is 4.47. The van der Waals surface area contributed by atoms with Crippen molar-refractivity contribution in [2.45, 2.75) is 0 Å².